The van der Waals surface area contributed by atoms with Gasteiger partial charge in [0.25, 0.3) is 0 Å². The Morgan fingerprint density at radius 3 is 2.33 bits per heavy atom. The van der Waals surface area contributed by atoms with Crippen molar-refractivity contribution in [2.75, 3.05) is 59.9 Å². The lowest BCUT2D eigenvalue weighted by Crippen LogP contribution is -2.48. The third-order valence-electron chi connectivity index (χ3n) is 3.83. The van der Waals surface area contributed by atoms with E-state index in [0.29, 0.717) is 0 Å². The van der Waals surface area contributed by atoms with Crippen LogP contribution in [0.3, 0.4) is 0 Å². The molecule has 0 spiro atoms. The average Bonchev–Trinajstić information content (AvgIpc) is 2.22. The molecule has 0 aromatic carbocycles. The Morgan fingerprint density at radius 2 is 1.67 bits per heavy atom. The fourth-order valence-corrected chi connectivity index (χ4v) is 2.82. The minimum Gasteiger partial charge on any atom is -0.306 e. The molecule has 1 atom stereocenters. The molecular weight excluding hydrogens is 186 g/mol. The Balaban J connectivity index is 1.71. The minimum absolute atomic E-state index is 0.923. The first-order valence-corrected chi connectivity index (χ1v) is 6.33. The van der Waals surface area contributed by atoms with E-state index >= 15 is 0 Å². The van der Waals surface area contributed by atoms with Crippen LogP contribution in [0.5, 0.6) is 0 Å². The monoisotopic (exact) mass is 211 g/mol. The topological polar surface area (TPSA) is 9.72 Å². The van der Waals surface area contributed by atoms with Gasteiger partial charge < -0.3 is 14.7 Å². The van der Waals surface area contributed by atoms with E-state index in [1.807, 2.05) is 0 Å². The Hall–Kier alpha value is -0.120. The SMILES string of the molecule is CN1CCN(C[C@@H]2CCCN(C)C2)CC1. The highest BCUT2D eigenvalue weighted by molar-refractivity contribution is 4.77. The van der Waals surface area contributed by atoms with E-state index in [4.69, 9.17) is 0 Å². The van der Waals surface area contributed by atoms with Gasteiger partial charge in [0.15, 0.2) is 0 Å². The molecular formula is C12H25N3. The molecule has 2 aliphatic rings. The van der Waals surface area contributed by atoms with Crippen LogP contribution in [0.1, 0.15) is 12.8 Å². The van der Waals surface area contributed by atoms with Crippen LogP contribution in [0.25, 0.3) is 0 Å². The van der Waals surface area contributed by atoms with Crippen LogP contribution < -0.4 is 0 Å². The number of likely N-dealkylation sites (N-methyl/N-ethyl adjacent to an activating group) is 1. The predicted octanol–water partition coefficient (Wildman–Crippen LogP) is 0.576. The molecule has 88 valence electrons. The van der Waals surface area contributed by atoms with Crippen molar-refractivity contribution < 1.29 is 0 Å². The zero-order valence-electron chi connectivity index (χ0n) is 10.3. The molecule has 0 radical (unpaired) electrons. The van der Waals surface area contributed by atoms with Crippen LogP contribution in [0, 0.1) is 5.92 Å². The summed E-state index contributed by atoms with van der Waals surface area (Å²) in [4.78, 5) is 7.58. The summed E-state index contributed by atoms with van der Waals surface area (Å²) in [6.45, 7) is 9.00. The van der Waals surface area contributed by atoms with E-state index in [9.17, 15) is 0 Å². The Labute approximate surface area is 94.0 Å². The van der Waals surface area contributed by atoms with Gasteiger partial charge in [0.2, 0.25) is 0 Å². The van der Waals surface area contributed by atoms with Crippen molar-refractivity contribution in [2.45, 2.75) is 12.8 Å². The molecule has 0 saturated carbocycles. The maximum atomic E-state index is 2.66. The summed E-state index contributed by atoms with van der Waals surface area (Å²) in [5.74, 6) is 0.923. The first kappa shape index (κ1) is 11.4. The molecule has 0 amide bonds. The average molecular weight is 211 g/mol. The second-order valence-corrected chi connectivity index (χ2v) is 5.37. The van der Waals surface area contributed by atoms with Crippen LogP contribution in [0.15, 0.2) is 0 Å². The summed E-state index contributed by atoms with van der Waals surface area (Å²) in [5.41, 5.74) is 0. The number of hydrogen-bond donors (Lipinski definition) is 0. The molecule has 2 aliphatic heterocycles. The zero-order valence-corrected chi connectivity index (χ0v) is 10.3. The van der Waals surface area contributed by atoms with Crippen molar-refractivity contribution in [3.63, 3.8) is 0 Å². The van der Waals surface area contributed by atoms with Gasteiger partial charge in [-0.25, -0.2) is 0 Å². The zero-order chi connectivity index (χ0) is 10.7. The van der Waals surface area contributed by atoms with Crippen LogP contribution in [0.4, 0.5) is 0 Å². The van der Waals surface area contributed by atoms with Crippen LogP contribution in [-0.4, -0.2) is 74.6 Å². The fraction of sp³-hybridized carbons (Fsp3) is 1.00. The van der Waals surface area contributed by atoms with Gasteiger partial charge in [0.05, 0.1) is 0 Å². The van der Waals surface area contributed by atoms with Gasteiger partial charge >= 0.3 is 0 Å². The van der Waals surface area contributed by atoms with E-state index in [-0.39, 0.29) is 0 Å². The second kappa shape index (κ2) is 5.28. The molecule has 15 heavy (non-hydrogen) atoms. The third-order valence-corrected chi connectivity index (χ3v) is 3.83. The molecule has 0 aliphatic carbocycles. The highest BCUT2D eigenvalue weighted by atomic mass is 15.2. The van der Waals surface area contributed by atoms with E-state index in [1.54, 1.807) is 0 Å². The quantitative estimate of drug-likeness (QED) is 0.661. The van der Waals surface area contributed by atoms with Gasteiger partial charge in [-0.3, -0.25) is 0 Å². The molecule has 0 aromatic rings. The molecule has 2 heterocycles. The second-order valence-electron chi connectivity index (χ2n) is 5.37. The molecule has 2 saturated heterocycles. The molecule has 2 fully saturated rings. The van der Waals surface area contributed by atoms with Gasteiger partial charge in [0.1, 0.15) is 0 Å². The Kier molecular flexibility index (Phi) is 4.00. The molecule has 3 nitrogen and oxygen atoms in total. The van der Waals surface area contributed by atoms with Crippen molar-refractivity contribution in [1.29, 1.82) is 0 Å². The smallest absolute Gasteiger partial charge is 0.0110 e. The number of nitrogens with zero attached hydrogens (tertiary/aromatic N) is 3. The molecule has 0 N–H and O–H groups in total. The summed E-state index contributed by atoms with van der Waals surface area (Å²) in [7, 11) is 4.49. The lowest BCUT2D eigenvalue weighted by Gasteiger charge is -2.37. The predicted molar refractivity (Wildman–Crippen MR) is 64.2 cm³/mol. The molecule has 2 rings (SSSR count). The number of likely N-dealkylation sites (tertiary alicyclic amines) is 1. The van der Waals surface area contributed by atoms with Gasteiger partial charge in [-0.1, -0.05) is 0 Å². The number of piperazine rings is 1. The molecule has 0 bridgehead atoms. The summed E-state index contributed by atoms with van der Waals surface area (Å²) in [6, 6.07) is 0. The number of rotatable bonds is 2. The van der Waals surface area contributed by atoms with Gasteiger partial charge in [-0.2, -0.15) is 0 Å². The number of piperidine rings is 1. The summed E-state index contributed by atoms with van der Waals surface area (Å²) in [5, 5.41) is 0. The first-order valence-electron chi connectivity index (χ1n) is 6.33. The summed E-state index contributed by atoms with van der Waals surface area (Å²) < 4.78 is 0. The molecule has 0 unspecified atom stereocenters. The van der Waals surface area contributed by atoms with Gasteiger partial charge in [-0.15, -0.1) is 0 Å². The van der Waals surface area contributed by atoms with Gasteiger partial charge in [0, 0.05) is 39.3 Å². The first-order chi connectivity index (χ1) is 7.24. The normalized spacial score (nSPS) is 32.0. The fourth-order valence-electron chi connectivity index (χ4n) is 2.82. The van der Waals surface area contributed by atoms with E-state index < -0.39 is 0 Å². The van der Waals surface area contributed by atoms with E-state index in [0.717, 1.165) is 5.92 Å². The van der Waals surface area contributed by atoms with Crippen molar-refractivity contribution >= 4 is 0 Å². The van der Waals surface area contributed by atoms with Crippen molar-refractivity contribution in [3.05, 3.63) is 0 Å². The highest BCUT2D eigenvalue weighted by Crippen LogP contribution is 2.16. The Morgan fingerprint density at radius 1 is 0.933 bits per heavy atom. The lowest BCUT2D eigenvalue weighted by molar-refractivity contribution is 0.108. The molecule has 3 heteroatoms. The van der Waals surface area contributed by atoms with Crippen molar-refractivity contribution in [2.24, 2.45) is 5.92 Å². The maximum absolute atomic E-state index is 2.66. The van der Waals surface area contributed by atoms with Crippen LogP contribution in [-0.2, 0) is 0 Å². The van der Waals surface area contributed by atoms with Crippen LogP contribution >= 0.6 is 0 Å². The van der Waals surface area contributed by atoms with E-state index in [1.165, 1.54) is 58.7 Å². The highest BCUT2D eigenvalue weighted by Gasteiger charge is 2.21. The largest absolute Gasteiger partial charge is 0.306 e. The number of hydrogen-bond acceptors (Lipinski definition) is 3. The van der Waals surface area contributed by atoms with Crippen molar-refractivity contribution in [1.82, 2.24) is 14.7 Å². The van der Waals surface area contributed by atoms with E-state index in [2.05, 4.69) is 28.8 Å². The standard InChI is InChI=1S/C12H25N3/c1-13-6-8-15(9-7-13)11-12-4-3-5-14(2)10-12/h12H,3-11H2,1-2H3/t12-/m1/s1. The summed E-state index contributed by atoms with van der Waals surface area (Å²) >= 11 is 0. The van der Waals surface area contributed by atoms with Crippen molar-refractivity contribution in [3.8, 4) is 0 Å². The minimum atomic E-state index is 0.923. The van der Waals surface area contributed by atoms with Crippen LogP contribution in [0.2, 0.25) is 0 Å². The lowest BCUT2D eigenvalue weighted by atomic mass is 9.97. The third kappa shape index (κ3) is 3.44. The maximum Gasteiger partial charge on any atom is 0.0110 e. The van der Waals surface area contributed by atoms with Gasteiger partial charge in [-0.05, 0) is 39.4 Å². The summed E-state index contributed by atoms with van der Waals surface area (Å²) in [6.07, 6.45) is 2.84. The molecule has 0 aromatic heterocycles. The Bertz CT molecular complexity index is 187.